The van der Waals surface area contributed by atoms with Crippen LogP contribution in [0.15, 0.2) is 6.07 Å². The van der Waals surface area contributed by atoms with Crippen molar-refractivity contribution in [2.75, 3.05) is 35.3 Å². The number of aliphatic carboxylic acids is 1. The van der Waals surface area contributed by atoms with Crippen molar-refractivity contribution in [1.82, 2.24) is 25.1 Å². The molecule has 13 heteroatoms. The minimum atomic E-state index is -1.09. The van der Waals surface area contributed by atoms with Gasteiger partial charge in [0.1, 0.15) is 12.2 Å². The minimum absolute atomic E-state index is 0.0258. The number of ether oxygens (including phenoxy) is 1. The number of imidazole rings is 1. The zero-order chi connectivity index (χ0) is 21.7. The third-order valence-electron chi connectivity index (χ3n) is 4.53. The van der Waals surface area contributed by atoms with E-state index in [-0.39, 0.29) is 35.2 Å². The van der Waals surface area contributed by atoms with Crippen LogP contribution in [0.4, 0.5) is 5.82 Å². The van der Waals surface area contributed by atoms with Crippen molar-refractivity contribution in [1.29, 1.82) is 0 Å². The van der Waals surface area contributed by atoms with E-state index in [0.717, 1.165) is 6.42 Å². The number of anilines is 1. The first-order valence-electron chi connectivity index (χ1n) is 9.12. The Morgan fingerprint density at radius 1 is 1.43 bits per heavy atom. The Morgan fingerprint density at radius 2 is 2.23 bits per heavy atom. The largest absolute Gasteiger partial charge is 0.491 e. The predicted octanol–water partition coefficient (Wildman–Crippen LogP) is 1.16. The Bertz CT molecular complexity index is 926. The van der Waals surface area contributed by atoms with Gasteiger partial charge in [0.05, 0.1) is 10.7 Å². The molecule has 1 unspecified atom stereocenters. The predicted molar refractivity (Wildman–Crippen MR) is 119 cm³/mol. The number of hydrogen-bond donors (Lipinski definition) is 5. The summed E-state index contributed by atoms with van der Waals surface area (Å²) in [5, 5.41) is 29.5. The molecule has 1 fully saturated rings. The number of alkyl halides is 1. The number of aromatic amines is 1. The van der Waals surface area contributed by atoms with Gasteiger partial charge in [-0.1, -0.05) is 22.6 Å². The van der Waals surface area contributed by atoms with E-state index in [1.165, 1.54) is 0 Å². The molecule has 0 radical (unpaired) electrons. The van der Waals surface area contributed by atoms with Gasteiger partial charge in [-0.2, -0.15) is 17.6 Å². The monoisotopic (exact) mass is 548 g/mol. The number of nitrogens with one attached hydrogen (secondary N) is 2. The molecule has 1 atom stereocenters. The highest BCUT2D eigenvalue weighted by molar-refractivity contribution is 14.1. The molecule has 0 spiro atoms. The van der Waals surface area contributed by atoms with Crippen LogP contribution in [0.2, 0.25) is 0 Å². The lowest BCUT2D eigenvalue weighted by molar-refractivity contribution is -0.134. The van der Waals surface area contributed by atoms with Crippen LogP contribution in [0, 0.1) is 0 Å². The number of carboxylic acids is 1. The lowest BCUT2D eigenvalue weighted by Gasteiger charge is -2.16. The summed E-state index contributed by atoms with van der Waals surface area (Å²) in [6, 6.07) is 1.65. The molecule has 1 saturated heterocycles. The van der Waals surface area contributed by atoms with E-state index in [4.69, 9.17) is 9.84 Å². The maximum atomic E-state index is 12.8. The third-order valence-corrected chi connectivity index (χ3v) is 5.11. The average Bonchev–Trinajstić information content (AvgIpc) is 3.33. The van der Waals surface area contributed by atoms with Crippen molar-refractivity contribution in [3.8, 4) is 17.4 Å². The molecule has 1 amide bonds. The first-order valence-corrected chi connectivity index (χ1v) is 11.3. The molecule has 1 aliphatic heterocycles. The molecule has 3 heterocycles. The molecule has 11 nitrogen and oxygen atoms in total. The standard InChI is InChI=1S/C17H21IN6O5S/c18-8-29-10-1-3-24(7-10)17(28)11-5-9(2-4-30)13(23-22-11)14-20-15(16(27)21-14)19-6-12(25)26/h5,10,19,27,30H,1-4,6-8H2,(H,20,21)(H,25,26). The summed E-state index contributed by atoms with van der Waals surface area (Å²) < 4.78 is 6.15. The number of H-pyrrole nitrogens is 1. The normalized spacial score (nSPS) is 16.1. The molecular weight excluding hydrogens is 527 g/mol. The first kappa shape index (κ1) is 22.6. The molecule has 1 aliphatic rings. The maximum absolute atomic E-state index is 12.8. The summed E-state index contributed by atoms with van der Waals surface area (Å²) in [6.07, 6.45) is 1.30. The van der Waals surface area contributed by atoms with Crippen LogP contribution in [0.5, 0.6) is 5.88 Å². The third kappa shape index (κ3) is 5.31. The summed E-state index contributed by atoms with van der Waals surface area (Å²) in [7, 11) is 0. The van der Waals surface area contributed by atoms with Gasteiger partial charge in [-0.3, -0.25) is 9.59 Å². The number of amides is 1. The topological polar surface area (TPSA) is 154 Å². The Morgan fingerprint density at radius 3 is 2.93 bits per heavy atom. The Labute approximate surface area is 191 Å². The van der Waals surface area contributed by atoms with Gasteiger partial charge in [-0.05, 0) is 30.2 Å². The van der Waals surface area contributed by atoms with Crippen LogP contribution in [-0.4, -0.2) is 83.3 Å². The fourth-order valence-electron chi connectivity index (χ4n) is 3.11. The highest BCUT2D eigenvalue weighted by Crippen LogP contribution is 2.27. The zero-order valence-electron chi connectivity index (χ0n) is 15.8. The summed E-state index contributed by atoms with van der Waals surface area (Å²) in [5.74, 6) is -0.927. The zero-order valence-corrected chi connectivity index (χ0v) is 18.9. The van der Waals surface area contributed by atoms with E-state index in [1.54, 1.807) is 11.0 Å². The molecular formula is C17H21IN6O5S. The summed E-state index contributed by atoms with van der Waals surface area (Å²) in [5.41, 5.74) is 1.25. The van der Waals surface area contributed by atoms with Crippen LogP contribution in [-0.2, 0) is 16.0 Å². The second-order valence-corrected chi connectivity index (χ2v) is 7.62. The molecule has 162 valence electrons. The van der Waals surface area contributed by atoms with Gasteiger partial charge in [0, 0.05) is 13.1 Å². The van der Waals surface area contributed by atoms with Gasteiger partial charge >= 0.3 is 5.97 Å². The number of likely N-dealkylation sites (tertiary alicyclic amines) is 1. The van der Waals surface area contributed by atoms with Crippen molar-refractivity contribution < 1.29 is 24.5 Å². The number of hydrogen-bond acceptors (Lipinski definition) is 9. The lowest BCUT2D eigenvalue weighted by atomic mass is 10.1. The number of nitrogens with zero attached hydrogens (tertiary/aromatic N) is 4. The number of aromatic hydroxyl groups is 1. The van der Waals surface area contributed by atoms with E-state index in [0.29, 0.717) is 41.1 Å². The van der Waals surface area contributed by atoms with Crippen LogP contribution in [0.1, 0.15) is 22.5 Å². The van der Waals surface area contributed by atoms with Crippen molar-refractivity contribution in [3.05, 3.63) is 17.3 Å². The minimum Gasteiger partial charge on any atom is -0.491 e. The highest BCUT2D eigenvalue weighted by atomic mass is 127. The van der Waals surface area contributed by atoms with Crippen molar-refractivity contribution >= 4 is 52.9 Å². The van der Waals surface area contributed by atoms with E-state index < -0.39 is 12.5 Å². The first-order chi connectivity index (χ1) is 14.4. The van der Waals surface area contributed by atoms with Crippen LogP contribution < -0.4 is 5.32 Å². The van der Waals surface area contributed by atoms with Crippen LogP contribution >= 0.6 is 35.2 Å². The maximum Gasteiger partial charge on any atom is 0.322 e. The number of thiol groups is 1. The van der Waals surface area contributed by atoms with Crippen molar-refractivity contribution in [2.45, 2.75) is 18.9 Å². The fraction of sp³-hybridized carbons (Fsp3) is 0.471. The number of rotatable bonds is 9. The molecule has 0 bridgehead atoms. The lowest BCUT2D eigenvalue weighted by Crippen LogP contribution is -2.31. The number of carbonyl (C=O) groups excluding carboxylic acids is 1. The molecule has 2 aromatic rings. The number of carboxylic acid groups (broad SMARTS) is 1. The van der Waals surface area contributed by atoms with Gasteiger partial charge in [-0.15, -0.1) is 10.2 Å². The van der Waals surface area contributed by atoms with Gasteiger partial charge in [0.2, 0.25) is 0 Å². The quantitative estimate of drug-likeness (QED) is 0.177. The summed E-state index contributed by atoms with van der Waals surface area (Å²) in [4.78, 5) is 32.0. The molecule has 4 N–H and O–H groups in total. The second-order valence-electron chi connectivity index (χ2n) is 6.55. The Hall–Kier alpha value is -2.13. The smallest absolute Gasteiger partial charge is 0.322 e. The number of aryl methyl sites for hydroxylation is 1. The number of halogens is 1. The van der Waals surface area contributed by atoms with E-state index >= 15 is 0 Å². The SMILES string of the molecule is O=C(O)CNc1[nH]c(-c2nnc(C(=O)N3CCC(OCI)C3)cc2CCS)nc1O. The van der Waals surface area contributed by atoms with Gasteiger partial charge < -0.3 is 30.2 Å². The molecule has 30 heavy (non-hydrogen) atoms. The van der Waals surface area contributed by atoms with Crippen molar-refractivity contribution in [3.63, 3.8) is 0 Å². The van der Waals surface area contributed by atoms with Gasteiger partial charge in [0.15, 0.2) is 17.3 Å². The van der Waals surface area contributed by atoms with E-state index in [1.807, 2.05) is 0 Å². The summed E-state index contributed by atoms with van der Waals surface area (Å²) in [6.45, 7) is 0.712. The highest BCUT2D eigenvalue weighted by Gasteiger charge is 2.29. The molecule has 0 aromatic carbocycles. The van der Waals surface area contributed by atoms with Gasteiger partial charge in [0.25, 0.3) is 11.8 Å². The number of aromatic nitrogens is 4. The molecule has 0 aliphatic carbocycles. The Kier molecular flexibility index (Phi) is 7.71. The average molecular weight is 548 g/mol. The summed E-state index contributed by atoms with van der Waals surface area (Å²) >= 11 is 6.40. The van der Waals surface area contributed by atoms with E-state index in [2.05, 4.69) is 60.7 Å². The number of carbonyl (C=O) groups is 2. The molecule has 0 saturated carbocycles. The Balaban J connectivity index is 1.83. The van der Waals surface area contributed by atoms with Crippen molar-refractivity contribution in [2.24, 2.45) is 0 Å². The second kappa shape index (κ2) is 10.3. The molecule has 2 aromatic heterocycles. The van der Waals surface area contributed by atoms with Crippen LogP contribution in [0.3, 0.4) is 0 Å². The van der Waals surface area contributed by atoms with Gasteiger partial charge in [-0.25, -0.2) is 0 Å². The fourth-order valence-corrected chi connectivity index (χ4v) is 3.86. The molecule has 3 rings (SSSR count). The van der Waals surface area contributed by atoms with E-state index in [9.17, 15) is 14.7 Å². The van der Waals surface area contributed by atoms with Crippen LogP contribution in [0.25, 0.3) is 11.5 Å².